The Labute approximate surface area is 120 Å². The lowest BCUT2D eigenvalue weighted by atomic mass is 10.2. The maximum atomic E-state index is 13.4. The van der Waals surface area contributed by atoms with Crippen LogP contribution < -0.4 is 4.72 Å². The fourth-order valence-electron chi connectivity index (χ4n) is 1.63. The van der Waals surface area contributed by atoms with Gasteiger partial charge in [0.15, 0.2) is 0 Å². The molecule has 0 aromatic heterocycles. The van der Waals surface area contributed by atoms with Crippen LogP contribution >= 0.6 is 0 Å². The number of hydrogen-bond donors (Lipinski definition) is 1. The molecule has 0 atom stereocenters. The minimum absolute atomic E-state index is 0.0425. The Balaban J connectivity index is 2.38. The first-order chi connectivity index (χ1) is 9.83. The molecule has 0 heterocycles. The molecule has 108 valence electrons. The number of nitrogens with zero attached hydrogens (tertiary/aromatic N) is 1. The zero-order chi connectivity index (χ0) is 15.6. The molecular formula is C14H10F2N2O2S. The van der Waals surface area contributed by atoms with E-state index in [0.29, 0.717) is 5.56 Å². The fourth-order valence-corrected chi connectivity index (χ4v) is 2.70. The van der Waals surface area contributed by atoms with Crippen molar-refractivity contribution in [3.05, 3.63) is 59.2 Å². The zero-order valence-corrected chi connectivity index (χ0v) is 11.7. The number of nitrogens with one attached hydrogen (secondary N) is 1. The number of aryl methyl sites for hydroxylation is 1. The average molecular weight is 308 g/mol. The molecule has 0 bridgehead atoms. The van der Waals surface area contributed by atoms with Gasteiger partial charge in [-0.2, -0.15) is 5.26 Å². The highest BCUT2D eigenvalue weighted by Crippen LogP contribution is 2.20. The zero-order valence-electron chi connectivity index (χ0n) is 10.9. The summed E-state index contributed by atoms with van der Waals surface area (Å²) in [6.07, 6.45) is 0. The first-order valence-corrected chi connectivity index (χ1v) is 7.30. The molecule has 0 saturated heterocycles. The van der Waals surface area contributed by atoms with Gasteiger partial charge in [0.1, 0.15) is 17.7 Å². The SMILES string of the molecule is Cc1ccc(NS(=O)(=O)c2ccc(F)c(C#N)c2)cc1F. The second-order valence-corrected chi connectivity index (χ2v) is 6.01. The third-order valence-electron chi connectivity index (χ3n) is 2.79. The van der Waals surface area contributed by atoms with Gasteiger partial charge < -0.3 is 0 Å². The van der Waals surface area contributed by atoms with Crippen molar-refractivity contribution < 1.29 is 17.2 Å². The van der Waals surface area contributed by atoms with E-state index in [1.807, 2.05) is 0 Å². The lowest BCUT2D eigenvalue weighted by Gasteiger charge is -2.09. The van der Waals surface area contributed by atoms with Gasteiger partial charge in [0.05, 0.1) is 16.1 Å². The molecule has 0 amide bonds. The van der Waals surface area contributed by atoms with Gasteiger partial charge >= 0.3 is 0 Å². The molecule has 0 radical (unpaired) electrons. The summed E-state index contributed by atoms with van der Waals surface area (Å²) >= 11 is 0. The van der Waals surface area contributed by atoms with Gasteiger partial charge in [-0.3, -0.25) is 4.72 Å². The number of anilines is 1. The van der Waals surface area contributed by atoms with Crippen LogP contribution in [0, 0.1) is 29.9 Å². The molecule has 0 aliphatic rings. The number of benzene rings is 2. The quantitative estimate of drug-likeness (QED) is 0.947. The van der Waals surface area contributed by atoms with E-state index in [1.54, 1.807) is 13.0 Å². The monoisotopic (exact) mass is 308 g/mol. The number of nitriles is 1. The highest BCUT2D eigenvalue weighted by Gasteiger charge is 2.17. The van der Waals surface area contributed by atoms with Crippen molar-refractivity contribution in [3.8, 4) is 6.07 Å². The van der Waals surface area contributed by atoms with E-state index in [-0.39, 0.29) is 16.1 Å². The molecule has 2 aromatic rings. The van der Waals surface area contributed by atoms with Crippen LogP contribution in [0.4, 0.5) is 14.5 Å². The average Bonchev–Trinajstić information content (AvgIpc) is 2.43. The van der Waals surface area contributed by atoms with Crippen molar-refractivity contribution in [3.63, 3.8) is 0 Å². The van der Waals surface area contributed by atoms with Crippen LogP contribution in [0.25, 0.3) is 0 Å². The molecule has 2 rings (SSSR count). The van der Waals surface area contributed by atoms with E-state index >= 15 is 0 Å². The molecule has 0 aliphatic carbocycles. The molecule has 4 nitrogen and oxygen atoms in total. The first-order valence-electron chi connectivity index (χ1n) is 5.82. The smallest absolute Gasteiger partial charge is 0.261 e. The highest BCUT2D eigenvalue weighted by molar-refractivity contribution is 7.92. The van der Waals surface area contributed by atoms with Crippen molar-refractivity contribution in [2.45, 2.75) is 11.8 Å². The summed E-state index contributed by atoms with van der Waals surface area (Å²) in [4.78, 5) is -0.276. The lowest BCUT2D eigenvalue weighted by Crippen LogP contribution is -2.13. The standard InChI is InChI=1S/C14H10F2N2O2S/c1-9-2-3-11(7-14(9)16)18-21(19,20)12-4-5-13(15)10(6-12)8-17/h2-7,18H,1H3. The number of sulfonamides is 1. The van der Waals surface area contributed by atoms with Crippen LogP contribution in [0.1, 0.15) is 11.1 Å². The Morgan fingerprint density at radius 1 is 1.10 bits per heavy atom. The summed E-state index contributed by atoms with van der Waals surface area (Å²) in [5, 5.41) is 8.71. The maximum absolute atomic E-state index is 13.4. The van der Waals surface area contributed by atoms with Gasteiger partial charge in [-0.15, -0.1) is 0 Å². The normalized spacial score (nSPS) is 11.0. The molecule has 0 aliphatic heterocycles. The largest absolute Gasteiger partial charge is 0.280 e. The van der Waals surface area contributed by atoms with Crippen LogP contribution in [0.15, 0.2) is 41.3 Å². The van der Waals surface area contributed by atoms with E-state index in [0.717, 1.165) is 24.3 Å². The summed E-state index contributed by atoms with van der Waals surface area (Å²) in [7, 11) is -4.03. The Kier molecular flexibility index (Phi) is 3.91. The molecule has 21 heavy (non-hydrogen) atoms. The Morgan fingerprint density at radius 3 is 2.43 bits per heavy atom. The number of halogens is 2. The fraction of sp³-hybridized carbons (Fsp3) is 0.0714. The minimum Gasteiger partial charge on any atom is -0.280 e. The predicted octanol–water partition coefficient (Wildman–Crippen LogP) is 2.95. The second kappa shape index (κ2) is 5.50. The molecule has 0 unspecified atom stereocenters. The van der Waals surface area contributed by atoms with Gasteiger partial charge in [-0.1, -0.05) is 6.07 Å². The third-order valence-corrected chi connectivity index (χ3v) is 4.17. The van der Waals surface area contributed by atoms with Crippen LogP contribution in [0.5, 0.6) is 0 Å². The first kappa shape index (κ1) is 14.9. The molecule has 0 fully saturated rings. The Morgan fingerprint density at radius 2 is 1.81 bits per heavy atom. The van der Waals surface area contributed by atoms with E-state index in [9.17, 15) is 17.2 Å². The molecule has 0 saturated carbocycles. The minimum atomic E-state index is -4.03. The summed E-state index contributed by atoms with van der Waals surface area (Å²) < 4.78 is 53.0. The van der Waals surface area contributed by atoms with Crippen molar-refractivity contribution in [1.82, 2.24) is 0 Å². The molecule has 7 heteroatoms. The van der Waals surface area contributed by atoms with Gasteiger partial charge in [0, 0.05) is 0 Å². The van der Waals surface area contributed by atoms with Crippen molar-refractivity contribution in [1.29, 1.82) is 5.26 Å². The van der Waals surface area contributed by atoms with E-state index < -0.39 is 21.7 Å². The van der Waals surface area contributed by atoms with Crippen molar-refractivity contribution in [2.75, 3.05) is 4.72 Å². The van der Waals surface area contributed by atoms with Gasteiger partial charge in [-0.05, 0) is 42.8 Å². The Hall–Kier alpha value is -2.46. The van der Waals surface area contributed by atoms with E-state index in [1.165, 1.54) is 12.1 Å². The van der Waals surface area contributed by atoms with Crippen LogP contribution in [-0.4, -0.2) is 8.42 Å². The summed E-state index contributed by atoms with van der Waals surface area (Å²) in [6.45, 7) is 1.55. The Bertz CT molecular complexity index is 843. The van der Waals surface area contributed by atoms with Crippen LogP contribution in [0.3, 0.4) is 0 Å². The topological polar surface area (TPSA) is 70.0 Å². The summed E-state index contributed by atoms with van der Waals surface area (Å²) in [5.41, 5.74) is 0.0420. The maximum Gasteiger partial charge on any atom is 0.261 e. The summed E-state index contributed by atoms with van der Waals surface area (Å²) in [6, 6.07) is 8.28. The van der Waals surface area contributed by atoms with Crippen LogP contribution in [0.2, 0.25) is 0 Å². The molecule has 2 aromatic carbocycles. The second-order valence-electron chi connectivity index (χ2n) is 4.32. The lowest BCUT2D eigenvalue weighted by molar-refractivity contribution is 0.599. The highest BCUT2D eigenvalue weighted by atomic mass is 32.2. The molecular weight excluding hydrogens is 298 g/mol. The van der Waals surface area contributed by atoms with Gasteiger partial charge in [-0.25, -0.2) is 17.2 Å². The van der Waals surface area contributed by atoms with Gasteiger partial charge in [0.25, 0.3) is 10.0 Å². The predicted molar refractivity (Wildman–Crippen MR) is 73.1 cm³/mol. The van der Waals surface area contributed by atoms with Crippen LogP contribution in [-0.2, 0) is 10.0 Å². The number of hydrogen-bond acceptors (Lipinski definition) is 3. The van der Waals surface area contributed by atoms with E-state index in [4.69, 9.17) is 5.26 Å². The van der Waals surface area contributed by atoms with Crippen molar-refractivity contribution >= 4 is 15.7 Å². The molecule has 1 N–H and O–H groups in total. The molecule has 0 spiro atoms. The van der Waals surface area contributed by atoms with Crippen molar-refractivity contribution in [2.24, 2.45) is 0 Å². The number of rotatable bonds is 3. The third kappa shape index (κ3) is 3.17. The van der Waals surface area contributed by atoms with E-state index in [2.05, 4.69) is 4.72 Å². The van der Waals surface area contributed by atoms with Gasteiger partial charge in [0.2, 0.25) is 0 Å². The summed E-state index contributed by atoms with van der Waals surface area (Å²) in [5.74, 6) is -1.36.